The van der Waals surface area contributed by atoms with E-state index in [9.17, 15) is 0 Å². The standard InChI is InChI=1S/C21H22ClN5O3/c1-23-21(27(2)12-14-3-8-17-18(11-14)29-13-28-17)24-10-9-19-25-20(26-30-19)15-4-6-16(22)7-5-15/h3-8,11H,9-10,12-13H2,1-2H3,(H,23,24). The molecule has 2 aromatic carbocycles. The van der Waals surface area contributed by atoms with Crippen LogP contribution in [0.4, 0.5) is 0 Å². The smallest absolute Gasteiger partial charge is 0.231 e. The number of nitrogens with zero attached hydrogens (tertiary/aromatic N) is 4. The Morgan fingerprint density at radius 3 is 2.77 bits per heavy atom. The maximum Gasteiger partial charge on any atom is 0.231 e. The number of halogens is 1. The van der Waals surface area contributed by atoms with Crippen LogP contribution >= 0.6 is 11.6 Å². The Morgan fingerprint density at radius 2 is 1.97 bits per heavy atom. The van der Waals surface area contributed by atoms with Crippen molar-refractivity contribution in [2.75, 3.05) is 27.4 Å². The summed E-state index contributed by atoms with van der Waals surface area (Å²) in [4.78, 5) is 10.8. The van der Waals surface area contributed by atoms with E-state index in [1.807, 2.05) is 42.3 Å². The fraction of sp³-hybridized carbons (Fsp3) is 0.286. The van der Waals surface area contributed by atoms with E-state index in [4.69, 9.17) is 25.6 Å². The number of hydrogen-bond donors (Lipinski definition) is 1. The zero-order valence-corrected chi connectivity index (χ0v) is 17.5. The first-order valence-corrected chi connectivity index (χ1v) is 9.89. The summed E-state index contributed by atoms with van der Waals surface area (Å²) in [5.41, 5.74) is 1.97. The highest BCUT2D eigenvalue weighted by atomic mass is 35.5. The van der Waals surface area contributed by atoms with Crippen LogP contribution in [0.1, 0.15) is 11.5 Å². The molecule has 0 spiro atoms. The molecule has 9 heteroatoms. The molecule has 3 aromatic rings. The molecule has 0 saturated carbocycles. The lowest BCUT2D eigenvalue weighted by Crippen LogP contribution is -2.39. The maximum atomic E-state index is 5.92. The summed E-state index contributed by atoms with van der Waals surface area (Å²) in [7, 11) is 3.73. The van der Waals surface area contributed by atoms with Crippen molar-refractivity contribution in [2.24, 2.45) is 4.99 Å². The maximum absolute atomic E-state index is 5.92. The third-order valence-corrected chi connectivity index (χ3v) is 4.87. The number of guanidine groups is 1. The Kier molecular flexibility index (Phi) is 6.04. The van der Waals surface area contributed by atoms with Crippen LogP contribution in [-0.2, 0) is 13.0 Å². The Morgan fingerprint density at radius 1 is 1.17 bits per heavy atom. The van der Waals surface area contributed by atoms with Crippen LogP contribution in [-0.4, -0.2) is 48.4 Å². The minimum Gasteiger partial charge on any atom is -0.454 e. The Bertz CT molecular complexity index is 1040. The lowest BCUT2D eigenvalue weighted by Gasteiger charge is -2.22. The molecule has 0 bridgehead atoms. The fourth-order valence-electron chi connectivity index (χ4n) is 3.13. The van der Waals surface area contributed by atoms with E-state index >= 15 is 0 Å². The van der Waals surface area contributed by atoms with Crippen LogP contribution in [0.2, 0.25) is 5.02 Å². The van der Waals surface area contributed by atoms with Gasteiger partial charge in [-0.25, -0.2) is 0 Å². The summed E-state index contributed by atoms with van der Waals surface area (Å²) < 4.78 is 16.2. The van der Waals surface area contributed by atoms with Crippen LogP contribution in [0.3, 0.4) is 0 Å². The van der Waals surface area contributed by atoms with Gasteiger partial charge in [0.15, 0.2) is 17.5 Å². The van der Waals surface area contributed by atoms with Crippen molar-refractivity contribution in [2.45, 2.75) is 13.0 Å². The summed E-state index contributed by atoms with van der Waals surface area (Å²) in [5.74, 6) is 3.43. The topological polar surface area (TPSA) is 85.0 Å². The molecule has 4 rings (SSSR count). The lowest BCUT2D eigenvalue weighted by molar-refractivity contribution is 0.174. The quantitative estimate of drug-likeness (QED) is 0.476. The second-order valence-electron chi connectivity index (χ2n) is 6.79. The van der Waals surface area contributed by atoms with Gasteiger partial charge < -0.3 is 24.2 Å². The average molecular weight is 428 g/mol. The highest BCUT2D eigenvalue weighted by molar-refractivity contribution is 6.30. The van der Waals surface area contributed by atoms with E-state index in [1.165, 1.54) is 0 Å². The van der Waals surface area contributed by atoms with Gasteiger partial charge in [0.25, 0.3) is 0 Å². The molecule has 30 heavy (non-hydrogen) atoms. The number of hydrogen-bond acceptors (Lipinski definition) is 6. The molecular formula is C21H22ClN5O3. The lowest BCUT2D eigenvalue weighted by atomic mass is 10.2. The van der Waals surface area contributed by atoms with Gasteiger partial charge >= 0.3 is 0 Å². The summed E-state index contributed by atoms with van der Waals surface area (Å²) in [6.07, 6.45) is 0.581. The molecule has 0 radical (unpaired) electrons. The number of rotatable bonds is 6. The van der Waals surface area contributed by atoms with Gasteiger partial charge in [-0.05, 0) is 42.0 Å². The molecule has 1 aliphatic heterocycles. The first-order valence-electron chi connectivity index (χ1n) is 9.51. The van der Waals surface area contributed by atoms with E-state index in [0.29, 0.717) is 36.2 Å². The zero-order valence-electron chi connectivity index (χ0n) is 16.8. The number of nitrogens with one attached hydrogen (secondary N) is 1. The van der Waals surface area contributed by atoms with E-state index in [-0.39, 0.29) is 6.79 Å². The monoisotopic (exact) mass is 427 g/mol. The number of aromatic nitrogens is 2. The van der Waals surface area contributed by atoms with Crippen molar-refractivity contribution < 1.29 is 14.0 Å². The second-order valence-corrected chi connectivity index (χ2v) is 7.22. The average Bonchev–Trinajstić information content (AvgIpc) is 3.41. The minimum atomic E-state index is 0.271. The van der Waals surface area contributed by atoms with Crippen LogP contribution < -0.4 is 14.8 Å². The molecule has 1 N–H and O–H groups in total. The largest absolute Gasteiger partial charge is 0.454 e. The molecular weight excluding hydrogens is 406 g/mol. The number of fused-ring (bicyclic) bond motifs is 1. The minimum absolute atomic E-state index is 0.271. The molecule has 2 heterocycles. The van der Waals surface area contributed by atoms with Crippen molar-refractivity contribution >= 4 is 17.6 Å². The molecule has 0 aliphatic carbocycles. The Balaban J connectivity index is 1.30. The molecule has 0 saturated heterocycles. The molecule has 1 aromatic heterocycles. The summed E-state index contributed by atoms with van der Waals surface area (Å²) in [6, 6.07) is 13.3. The van der Waals surface area contributed by atoms with Crippen molar-refractivity contribution in [1.29, 1.82) is 0 Å². The molecule has 0 amide bonds. The molecule has 0 unspecified atom stereocenters. The van der Waals surface area contributed by atoms with Gasteiger partial charge in [0.1, 0.15) is 0 Å². The molecule has 1 aliphatic rings. The van der Waals surface area contributed by atoms with Crippen molar-refractivity contribution in [3.05, 3.63) is 58.9 Å². The molecule has 0 atom stereocenters. The summed E-state index contributed by atoms with van der Waals surface area (Å²) in [6.45, 7) is 1.56. The van der Waals surface area contributed by atoms with Gasteiger partial charge in [-0.1, -0.05) is 22.8 Å². The van der Waals surface area contributed by atoms with Crippen LogP contribution in [0, 0.1) is 0 Å². The third kappa shape index (κ3) is 4.65. The van der Waals surface area contributed by atoms with E-state index in [0.717, 1.165) is 28.6 Å². The number of aliphatic imine (C=N–C) groups is 1. The number of ether oxygens (including phenoxy) is 2. The highest BCUT2D eigenvalue weighted by Crippen LogP contribution is 2.32. The Labute approximate surface area is 179 Å². The first kappa shape index (κ1) is 20.0. The van der Waals surface area contributed by atoms with Crippen LogP contribution in [0.5, 0.6) is 11.5 Å². The summed E-state index contributed by atoms with van der Waals surface area (Å²) in [5, 5.41) is 8.02. The normalized spacial score (nSPS) is 12.8. The highest BCUT2D eigenvalue weighted by Gasteiger charge is 2.15. The predicted octanol–water partition coefficient (Wildman–Crippen LogP) is 3.37. The second kappa shape index (κ2) is 9.04. The summed E-state index contributed by atoms with van der Waals surface area (Å²) >= 11 is 5.92. The van der Waals surface area contributed by atoms with E-state index in [1.54, 1.807) is 19.2 Å². The van der Waals surface area contributed by atoms with Crippen LogP contribution in [0.25, 0.3) is 11.4 Å². The van der Waals surface area contributed by atoms with Gasteiger partial charge in [-0.2, -0.15) is 4.98 Å². The predicted molar refractivity (Wildman–Crippen MR) is 114 cm³/mol. The zero-order chi connectivity index (χ0) is 20.9. The molecule has 156 valence electrons. The molecule has 8 nitrogen and oxygen atoms in total. The van der Waals surface area contributed by atoms with Gasteiger partial charge in [0, 0.05) is 44.2 Å². The van der Waals surface area contributed by atoms with Crippen LogP contribution in [0.15, 0.2) is 52.0 Å². The van der Waals surface area contributed by atoms with Gasteiger partial charge in [0.2, 0.25) is 18.5 Å². The van der Waals surface area contributed by atoms with Gasteiger partial charge in [-0.3, -0.25) is 4.99 Å². The van der Waals surface area contributed by atoms with Crippen molar-refractivity contribution in [1.82, 2.24) is 20.4 Å². The van der Waals surface area contributed by atoms with Crippen molar-refractivity contribution in [3.8, 4) is 22.9 Å². The number of benzene rings is 2. The van der Waals surface area contributed by atoms with Gasteiger partial charge in [-0.15, -0.1) is 0 Å². The SMILES string of the molecule is CN=C(NCCc1nc(-c2ccc(Cl)cc2)no1)N(C)Cc1ccc2c(c1)OCO2. The van der Waals surface area contributed by atoms with Gasteiger partial charge in [0.05, 0.1) is 0 Å². The van der Waals surface area contributed by atoms with Crippen molar-refractivity contribution in [3.63, 3.8) is 0 Å². The third-order valence-electron chi connectivity index (χ3n) is 4.62. The first-order chi connectivity index (χ1) is 14.6. The van der Waals surface area contributed by atoms with E-state index < -0.39 is 0 Å². The Hall–Kier alpha value is -3.26. The molecule has 0 fully saturated rings. The van der Waals surface area contributed by atoms with E-state index in [2.05, 4.69) is 20.4 Å². The fourth-order valence-corrected chi connectivity index (χ4v) is 3.25.